The average molecular weight is 471 g/mol. The summed E-state index contributed by atoms with van der Waals surface area (Å²) in [6.45, 7) is 13.6. The molecule has 1 aliphatic heterocycles. The topological polar surface area (TPSA) is 70.1 Å². The number of aliphatic hydroxyl groups excluding tert-OH is 1. The largest absolute Gasteiger partial charge is 0.507 e. The molecule has 6 nitrogen and oxygen atoms in total. The Bertz CT molecular complexity index is 1010. The normalized spacial score (nSPS) is 18.0. The molecule has 0 radical (unpaired) electrons. The van der Waals surface area contributed by atoms with Crippen LogP contribution in [0.25, 0.3) is 5.76 Å². The predicted molar refractivity (Wildman–Crippen MR) is 133 cm³/mol. The Kier molecular flexibility index (Phi) is 8.32. The van der Waals surface area contributed by atoms with Gasteiger partial charge in [-0.2, -0.15) is 0 Å². The van der Waals surface area contributed by atoms with Gasteiger partial charge in [0, 0.05) is 23.5 Å². The molecule has 2 aromatic rings. The van der Waals surface area contributed by atoms with Crippen molar-refractivity contribution in [2.24, 2.45) is 5.92 Å². The predicted octanol–water partition coefficient (Wildman–Crippen LogP) is 4.85. The van der Waals surface area contributed by atoms with Crippen molar-refractivity contribution in [3.8, 4) is 5.75 Å². The minimum Gasteiger partial charge on any atom is -0.507 e. The molecule has 33 heavy (non-hydrogen) atoms. The van der Waals surface area contributed by atoms with Gasteiger partial charge in [-0.1, -0.05) is 33.8 Å². The van der Waals surface area contributed by atoms with Gasteiger partial charge in [-0.05, 0) is 61.1 Å². The maximum Gasteiger partial charge on any atom is 0.295 e. The fraction of sp³-hybridized carbons (Fsp3) is 0.462. The van der Waals surface area contributed by atoms with E-state index in [0.29, 0.717) is 36.9 Å². The second kappa shape index (κ2) is 11.0. The van der Waals surface area contributed by atoms with Crippen molar-refractivity contribution in [2.75, 3.05) is 32.8 Å². The van der Waals surface area contributed by atoms with E-state index < -0.39 is 17.7 Å². The van der Waals surface area contributed by atoms with Crippen molar-refractivity contribution in [1.29, 1.82) is 0 Å². The molecule has 3 rings (SSSR count). The number of ether oxygens (including phenoxy) is 1. The van der Waals surface area contributed by atoms with Crippen molar-refractivity contribution < 1.29 is 19.4 Å². The van der Waals surface area contributed by atoms with E-state index in [0.717, 1.165) is 23.5 Å². The Hall–Kier alpha value is -2.64. The standard InChI is InChI=1S/C26H34N2O4S/c1-6-27(7-2)12-13-28-23(21-9-8-14-33-21)22(25(30)26(28)31)24(29)20-11-10-19(15-18(20)5)32-16-17(3)4/h8-11,14-15,17,23,29H,6-7,12-13,16H2,1-5H3/t23-/m0/s1. The first kappa shape index (κ1) is 25.0. The molecule has 0 unspecified atom stereocenters. The van der Waals surface area contributed by atoms with Gasteiger partial charge in [-0.25, -0.2) is 0 Å². The highest BCUT2D eigenvalue weighted by atomic mass is 32.1. The number of amides is 1. The molecule has 0 bridgehead atoms. The zero-order valence-electron chi connectivity index (χ0n) is 20.1. The van der Waals surface area contributed by atoms with Crippen LogP contribution in [0.1, 0.15) is 49.7 Å². The first-order valence-electron chi connectivity index (χ1n) is 11.6. The number of likely N-dealkylation sites (tertiary alicyclic amines) is 1. The van der Waals surface area contributed by atoms with E-state index in [1.807, 2.05) is 30.5 Å². The molecule has 0 saturated carbocycles. The first-order chi connectivity index (χ1) is 15.8. The fourth-order valence-corrected chi connectivity index (χ4v) is 4.89. The number of aryl methyl sites for hydroxylation is 1. The molecule has 1 aromatic heterocycles. The van der Waals surface area contributed by atoms with Crippen LogP contribution in [0.4, 0.5) is 0 Å². The second-order valence-corrected chi connectivity index (χ2v) is 9.70. The molecule has 1 aromatic carbocycles. The van der Waals surface area contributed by atoms with Gasteiger partial charge < -0.3 is 19.6 Å². The first-order valence-corrected chi connectivity index (χ1v) is 12.4. The third-order valence-electron chi connectivity index (χ3n) is 5.94. The molecule has 178 valence electrons. The van der Waals surface area contributed by atoms with E-state index in [1.54, 1.807) is 17.0 Å². The van der Waals surface area contributed by atoms with Crippen LogP contribution in [0, 0.1) is 12.8 Å². The number of nitrogens with zero attached hydrogens (tertiary/aromatic N) is 2. The number of carbonyl (C=O) groups excluding carboxylic acids is 2. The number of benzene rings is 1. The highest BCUT2D eigenvalue weighted by molar-refractivity contribution is 7.10. The summed E-state index contributed by atoms with van der Waals surface area (Å²) in [4.78, 5) is 30.8. The highest BCUT2D eigenvalue weighted by Crippen LogP contribution is 2.41. The van der Waals surface area contributed by atoms with Crippen LogP contribution in [0.15, 0.2) is 41.3 Å². The van der Waals surface area contributed by atoms with Gasteiger partial charge >= 0.3 is 0 Å². The van der Waals surface area contributed by atoms with E-state index in [9.17, 15) is 14.7 Å². The van der Waals surface area contributed by atoms with Gasteiger partial charge in [0.25, 0.3) is 11.7 Å². The summed E-state index contributed by atoms with van der Waals surface area (Å²) in [6, 6.07) is 8.63. The summed E-state index contributed by atoms with van der Waals surface area (Å²) < 4.78 is 5.79. The van der Waals surface area contributed by atoms with Crippen LogP contribution < -0.4 is 4.74 Å². The number of likely N-dealkylation sites (N-methyl/N-ethyl adjacent to an activating group) is 1. The Morgan fingerprint density at radius 2 is 1.94 bits per heavy atom. The monoisotopic (exact) mass is 470 g/mol. The lowest BCUT2D eigenvalue weighted by Crippen LogP contribution is -2.37. The van der Waals surface area contributed by atoms with E-state index >= 15 is 0 Å². The molecule has 7 heteroatoms. The quantitative estimate of drug-likeness (QED) is 0.305. The third-order valence-corrected chi connectivity index (χ3v) is 6.87. The minimum atomic E-state index is -0.634. The van der Waals surface area contributed by atoms with Crippen LogP contribution in [0.3, 0.4) is 0 Å². The summed E-state index contributed by atoms with van der Waals surface area (Å²) in [6.07, 6.45) is 0. The van der Waals surface area contributed by atoms with Crippen molar-refractivity contribution in [2.45, 2.75) is 40.7 Å². The van der Waals surface area contributed by atoms with Crippen LogP contribution in [-0.4, -0.2) is 59.4 Å². The van der Waals surface area contributed by atoms with E-state index in [2.05, 4.69) is 32.6 Å². The Morgan fingerprint density at radius 1 is 1.21 bits per heavy atom. The van der Waals surface area contributed by atoms with E-state index in [4.69, 9.17) is 4.74 Å². The summed E-state index contributed by atoms with van der Waals surface area (Å²) in [7, 11) is 0. The zero-order valence-corrected chi connectivity index (χ0v) is 20.9. The molecule has 1 saturated heterocycles. The Labute approximate surface area is 200 Å². The Morgan fingerprint density at radius 3 is 2.52 bits per heavy atom. The molecule has 0 aliphatic carbocycles. The number of Topliss-reactive ketones (excluding diaryl/α,β-unsaturated/α-hetero) is 1. The smallest absolute Gasteiger partial charge is 0.295 e. The summed E-state index contributed by atoms with van der Waals surface area (Å²) in [5, 5.41) is 13.2. The Balaban J connectivity index is 2.00. The highest BCUT2D eigenvalue weighted by Gasteiger charge is 2.46. The van der Waals surface area contributed by atoms with Crippen LogP contribution in [0.2, 0.25) is 0 Å². The van der Waals surface area contributed by atoms with Gasteiger partial charge in [0.2, 0.25) is 0 Å². The number of hydrogen-bond donors (Lipinski definition) is 1. The number of ketones is 1. The maximum absolute atomic E-state index is 13.1. The molecular formula is C26H34N2O4S. The van der Waals surface area contributed by atoms with Crippen molar-refractivity contribution >= 4 is 28.8 Å². The van der Waals surface area contributed by atoms with Crippen molar-refractivity contribution in [1.82, 2.24) is 9.80 Å². The number of thiophene rings is 1. The van der Waals surface area contributed by atoms with Gasteiger partial charge in [0.1, 0.15) is 11.5 Å². The molecule has 1 fully saturated rings. The number of rotatable bonds is 10. The average Bonchev–Trinajstić information content (AvgIpc) is 3.40. The van der Waals surface area contributed by atoms with Crippen LogP contribution >= 0.6 is 11.3 Å². The number of carbonyl (C=O) groups is 2. The molecule has 1 aliphatic rings. The van der Waals surface area contributed by atoms with E-state index in [-0.39, 0.29) is 11.3 Å². The molecule has 1 N–H and O–H groups in total. The SMILES string of the molecule is CCN(CC)CCN1C(=O)C(=O)C(=C(O)c2ccc(OCC(C)C)cc2C)[C@@H]1c1cccs1. The van der Waals surface area contributed by atoms with E-state index in [1.165, 1.54) is 11.3 Å². The van der Waals surface area contributed by atoms with Crippen molar-refractivity contribution in [3.05, 3.63) is 57.3 Å². The molecular weight excluding hydrogens is 436 g/mol. The van der Waals surface area contributed by atoms with Crippen LogP contribution in [-0.2, 0) is 9.59 Å². The molecule has 2 heterocycles. The summed E-state index contributed by atoms with van der Waals surface area (Å²) in [5.74, 6) is -0.213. The lowest BCUT2D eigenvalue weighted by Gasteiger charge is -2.27. The molecule has 1 amide bonds. The van der Waals surface area contributed by atoms with Gasteiger partial charge in [0.05, 0.1) is 18.2 Å². The summed E-state index contributed by atoms with van der Waals surface area (Å²) in [5.41, 5.74) is 1.48. The third kappa shape index (κ3) is 5.47. The lowest BCUT2D eigenvalue weighted by molar-refractivity contribution is -0.140. The van der Waals surface area contributed by atoms with Gasteiger partial charge in [0.15, 0.2) is 0 Å². The zero-order chi connectivity index (χ0) is 24.1. The van der Waals surface area contributed by atoms with Gasteiger partial charge in [-0.3, -0.25) is 9.59 Å². The lowest BCUT2D eigenvalue weighted by atomic mass is 9.97. The number of aliphatic hydroxyl groups is 1. The number of hydrogen-bond acceptors (Lipinski definition) is 6. The molecule has 0 spiro atoms. The minimum absolute atomic E-state index is 0.134. The molecule has 1 atom stereocenters. The van der Waals surface area contributed by atoms with Crippen molar-refractivity contribution in [3.63, 3.8) is 0 Å². The second-order valence-electron chi connectivity index (χ2n) is 8.72. The maximum atomic E-state index is 13.1. The summed E-state index contributed by atoms with van der Waals surface area (Å²) >= 11 is 1.48. The fourth-order valence-electron chi connectivity index (χ4n) is 4.04. The van der Waals surface area contributed by atoms with Crippen LogP contribution in [0.5, 0.6) is 5.75 Å². The van der Waals surface area contributed by atoms with Gasteiger partial charge in [-0.15, -0.1) is 11.3 Å².